The SMILES string of the molecule is CO[C@@H](CC(=O)[O-])C[C@H](O)CCn1c(-c2ccc(F)cc2)c(-c2ccccc2)c(C(=O)Nc2ccccc2)c1C(C)C.CO[C@@H](CC(=O)[O-])C[C@H](O)CCn1c(-c2ccc(F)cc2)c(-c2ccccc2)c(C(=O)Nc2ccccc2)c1C(C)C.[Ca+2]. The van der Waals surface area contributed by atoms with Gasteiger partial charge in [-0.15, -0.1) is 0 Å². The summed E-state index contributed by atoms with van der Waals surface area (Å²) in [5.74, 6) is -4.00. The number of aliphatic hydroxyl groups is 2. The maximum Gasteiger partial charge on any atom is 2.00 e. The average Bonchev–Trinajstić information content (AvgIpc) is 1.92. The van der Waals surface area contributed by atoms with E-state index in [0.29, 0.717) is 46.7 Å². The van der Waals surface area contributed by atoms with E-state index in [1.807, 2.05) is 158 Å². The van der Waals surface area contributed by atoms with Crippen LogP contribution >= 0.6 is 0 Å². The number of carboxylic acids is 2. The van der Waals surface area contributed by atoms with Gasteiger partial charge in [0.1, 0.15) is 11.6 Å². The van der Waals surface area contributed by atoms with Crippen molar-refractivity contribution in [2.45, 2.75) is 116 Å². The summed E-state index contributed by atoms with van der Waals surface area (Å²) in [7, 11) is 2.80. The summed E-state index contributed by atoms with van der Waals surface area (Å²) in [6, 6.07) is 49.9. The van der Waals surface area contributed by atoms with E-state index in [1.54, 1.807) is 24.3 Å². The number of hydrogen-bond acceptors (Lipinski definition) is 10. The monoisotopic (exact) mass is 1180 g/mol. The van der Waals surface area contributed by atoms with Gasteiger partial charge in [0.15, 0.2) is 0 Å². The largest absolute Gasteiger partial charge is 2.00 e. The molecule has 8 aromatic rings. The van der Waals surface area contributed by atoms with E-state index in [9.17, 15) is 48.4 Å². The first kappa shape index (κ1) is 66.9. The van der Waals surface area contributed by atoms with Gasteiger partial charge in [-0.3, -0.25) is 9.59 Å². The number of aromatic nitrogens is 2. The number of para-hydroxylation sites is 2. The molecule has 0 saturated heterocycles. The van der Waals surface area contributed by atoms with Crippen molar-refractivity contribution in [2.24, 2.45) is 0 Å². The third-order valence-corrected chi connectivity index (χ3v) is 14.5. The van der Waals surface area contributed by atoms with Crippen molar-refractivity contribution in [1.29, 1.82) is 0 Å². The number of benzene rings is 6. The standard InChI is InChI=1S/2C34H37FN2O5.Ca/c2*1-22(2)32-31(34(41)36-26-12-8-5-9-13-26)30(23-10-6-4-7-11-23)33(24-14-16-25(35)17-15-24)37(32)19-18-27(38)20-28(42-3)21-29(39)40;/h2*4-17,22,27-28,38H,18-21H2,1-3H3,(H,36,41)(H,39,40);/q;;+2/p-2/t2*27-,28-;/m11./s1. The summed E-state index contributed by atoms with van der Waals surface area (Å²) in [5.41, 5.74) is 9.81. The van der Waals surface area contributed by atoms with Crippen LogP contribution in [-0.2, 0) is 32.2 Å². The number of aliphatic carboxylic acids is 2. The molecule has 8 rings (SSSR count). The van der Waals surface area contributed by atoms with Crippen LogP contribution in [0.2, 0.25) is 0 Å². The third kappa shape index (κ3) is 17.9. The summed E-state index contributed by atoms with van der Waals surface area (Å²) >= 11 is 0. The molecule has 440 valence electrons. The predicted molar refractivity (Wildman–Crippen MR) is 325 cm³/mol. The number of ether oxygens (including phenoxy) is 2. The summed E-state index contributed by atoms with van der Waals surface area (Å²) in [5, 5.41) is 50.1. The molecule has 6 aromatic carbocycles. The number of carboxylic acid groups (broad SMARTS) is 2. The van der Waals surface area contributed by atoms with Crippen molar-refractivity contribution >= 4 is 72.9 Å². The molecular weight excluding hydrogens is 1110 g/mol. The Labute approximate surface area is 525 Å². The van der Waals surface area contributed by atoms with Gasteiger partial charge < -0.3 is 59.3 Å². The van der Waals surface area contributed by atoms with Crippen LogP contribution in [0.25, 0.3) is 44.8 Å². The van der Waals surface area contributed by atoms with Gasteiger partial charge in [-0.25, -0.2) is 8.78 Å². The van der Waals surface area contributed by atoms with Crippen LogP contribution in [0.15, 0.2) is 170 Å². The maximum atomic E-state index is 14.1. The van der Waals surface area contributed by atoms with E-state index >= 15 is 0 Å². The molecule has 0 aliphatic carbocycles. The minimum absolute atomic E-state index is 0. The van der Waals surface area contributed by atoms with Gasteiger partial charge in [0.25, 0.3) is 11.8 Å². The van der Waals surface area contributed by atoms with Gasteiger partial charge in [-0.05, 0) is 133 Å². The Kier molecular flexibility index (Phi) is 25.4. The number of nitrogens with one attached hydrogen (secondary N) is 2. The number of anilines is 2. The molecule has 17 heteroatoms. The van der Waals surface area contributed by atoms with E-state index in [1.165, 1.54) is 38.5 Å². The smallest absolute Gasteiger partial charge is 0.550 e. The minimum Gasteiger partial charge on any atom is -0.550 e. The molecule has 2 aromatic heterocycles. The van der Waals surface area contributed by atoms with Crippen molar-refractivity contribution < 1.29 is 57.9 Å². The first-order chi connectivity index (χ1) is 40.4. The molecule has 85 heavy (non-hydrogen) atoms. The molecule has 0 aliphatic heterocycles. The normalized spacial score (nSPS) is 12.6. The Morgan fingerprint density at radius 2 is 0.788 bits per heavy atom. The summed E-state index contributed by atoms with van der Waals surface area (Å²) in [4.78, 5) is 50.4. The van der Waals surface area contributed by atoms with E-state index in [2.05, 4.69) is 10.6 Å². The molecule has 0 bridgehead atoms. The summed E-state index contributed by atoms with van der Waals surface area (Å²) in [6.07, 6.45) is -3.02. The molecule has 4 N–H and O–H groups in total. The second-order valence-corrected chi connectivity index (χ2v) is 21.2. The Morgan fingerprint density at radius 1 is 0.482 bits per heavy atom. The number of rotatable bonds is 26. The molecule has 0 unspecified atom stereocenters. The van der Waals surface area contributed by atoms with Gasteiger partial charge >= 0.3 is 37.7 Å². The van der Waals surface area contributed by atoms with Crippen molar-refractivity contribution in [2.75, 3.05) is 24.9 Å². The van der Waals surface area contributed by atoms with Crippen LogP contribution in [-0.4, -0.2) is 119 Å². The number of carbonyl (C=O) groups excluding carboxylic acids is 4. The zero-order valence-corrected chi connectivity index (χ0v) is 51.0. The van der Waals surface area contributed by atoms with Gasteiger partial charge in [0.2, 0.25) is 0 Å². The van der Waals surface area contributed by atoms with Gasteiger partial charge in [-0.1, -0.05) is 125 Å². The number of aliphatic hydroxyl groups excluding tert-OH is 2. The number of hydrogen-bond donors (Lipinski definition) is 4. The molecule has 4 atom stereocenters. The van der Waals surface area contributed by atoms with E-state index < -0.39 is 36.4 Å². The second kappa shape index (κ2) is 32.3. The molecule has 0 aliphatic rings. The number of carbonyl (C=O) groups is 4. The fourth-order valence-corrected chi connectivity index (χ4v) is 10.7. The number of amides is 2. The molecule has 14 nitrogen and oxygen atoms in total. The number of nitrogens with zero attached hydrogens (tertiary/aromatic N) is 2. The van der Waals surface area contributed by atoms with Gasteiger partial charge in [0.05, 0.1) is 46.9 Å². The number of methoxy groups -OCH3 is 2. The average molecular weight is 1180 g/mol. The molecule has 2 amide bonds. The minimum atomic E-state index is -1.25. The Bertz CT molecular complexity index is 3200. The van der Waals surface area contributed by atoms with Crippen LogP contribution < -0.4 is 20.8 Å². The fraction of sp³-hybridized carbons (Fsp3) is 0.294. The zero-order valence-electron chi connectivity index (χ0n) is 48.8. The van der Waals surface area contributed by atoms with Crippen LogP contribution in [0.3, 0.4) is 0 Å². The van der Waals surface area contributed by atoms with Crippen LogP contribution in [0, 0.1) is 11.6 Å². The molecule has 0 radical (unpaired) electrons. The second-order valence-electron chi connectivity index (χ2n) is 21.2. The summed E-state index contributed by atoms with van der Waals surface area (Å²) < 4.78 is 42.6. The van der Waals surface area contributed by atoms with Crippen molar-refractivity contribution in [3.8, 4) is 44.8 Å². The topological polar surface area (TPSA) is 207 Å². The Balaban J connectivity index is 0.000000269. The number of halogens is 2. The zero-order chi connectivity index (χ0) is 60.5. The van der Waals surface area contributed by atoms with Gasteiger partial charge in [0, 0.05) is 86.0 Å². The third-order valence-electron chi connectivity index (χ3n) is 14.5. The van der Waals surface area contributed by atoms with Gasteiger partial charge in [-0.2, -0.15) is 0 Å². The predicted octanol–water partition coefficient (Wildman–Crippen LogP) is 10.9. The Morgan fingerprint density at radius 3 is 1.07 bits per heavy atom. The van der Waals surface area contributed by atoms with E-state index in [-0.39, 0.29) is 112 Å². The molecule has 0 spiro atoms. The maximum absolute atomic E-state index is 14.1. The van der Waals surface area contributed by atoms with Crippen LogP contribution in [0.4, 0.5) is 20.2 Å². The van der Waals surface area contributed by atoms with E-state index in [0.717, 1.165) is 45.0 Å². The van der Waals surface area contributed by atoms with Crippen LogP contribution in [0.5, 0.6) is 0 Å². The molecule has 0 saturated carbocycles. The molecule has 0 fully saturated rings. The van der Waals surface area contributed by atoms with Crippen LogP contribution in [0.1, 0.15) is 110 Å². The van der Waals surface area contributed by atoms with Crippen molar-refractivity contribution in [1.82, 2.24) is 9.13 Å². The molecular formula is C68H72CaF2N4O10. The first-order valence-corrected chi connectivity index (χ1v) is 28.1. The first-order valence-electron chi connectivity index (χ1n) is 28.1. The fourth-order valence-electron chi connectivity index (χ4n) is 10.7. The summed E-state index contributed by atoms with van der Waals surface area (Å²) in [6.45, 7) is 8.66. The van der Waals surface area contributed by atoms with Crippen molar-refractivity contribution in [3.63, 3.8) is 0 Å². The molecule has 2 heterocycles. The van der Waals surface area contributed by atoms with E-state index in [4.69, 9.17) is 9.47 Å². The Hall–Kier alpha value is -7.28. The quantitative estimate of drug-likeness (QED) is 0.0377. The van der Waals surface area contributed by atoms with Crippen molar-refractivity contribution in [3.05, 3.63) is 204 Å².